The van der Waals surface area contributed by atoms with Crippen molar-refractivity contribution in [2.45, 2.75) is 63.1 Å². The number of halogens is 1. The summed E-state index contributed by atoms with van der Waals surface area (Å²) in [5.41, 5.74) is 8.04. The Kier molecular flexibility index (Phi) is 5.44. The Labute approximate surface area is 215 Å². The van der Waals surface area contributed by atoms with Crippen LogP contribution < -0.4 is 5.73 Å². The topological polar surface area (TPSA) is 101 Å². The Balaban J connectivity index is 1.28. The van der Waals surface area contributed by atoms with E-state index in [1.807, 2.05) is 29.1 Å². The molecule has 2 fully saturated rings. The zero-order valence-electron chi connectivity index (χ0n) is 21.0. The molecule has 6 nitrogen and oxygen atoms in total. The van der Waals surface area contributed by atoms with Crippen LogP contribution in [0.25, 0.3) is 11.8 Å². The highest BCUT2D eigenvalue weighted by atomic mass is 19.1. The van der Waals surface area contributed by atoms with Gasteiger partial charge in [-0.2, -0.15) is 5.10 Å². The van der Waals surface area contributed by atoms with Gasteiger partial charge in [0.1, 0.15) is 5.82 Å². The van der Waals surface area contributed by atoms with Gasteiger partial charge in [0.2, 0.25) is 0 Å². The lowest BCUT2D eigenvalue weighted by Crippen LogP contribution is -2.46. The molecule has 2 aromatic carbocycles. The average molecular weight is 502 g/mol. The molecule has 1 amide bonds. The van der Waals surface area contributed by atoms with Crippen LogP contribution in [0.2, 0.25) is 0 Å². The molecule has 4 N–H and O–H groups in total. The third-order valence-corrected chi connectivity index (χ3v) is 9.14. The van der Waals surface area contributed by atoms with E-state index in [2.05, 4.69) is 18.1 Å². The minimum Gasteiger partial charge on any atom is -0.389 e. The molecule has 3 aliphatic carbocycles. The highest BCUT2D eigenvalue weighted by Gasteiger charge is 2.55. The van der Waals surface area contributed by atoms with Crippen LogP contribution in [-0.4, -0.2) is 31.5 Å². The summed E-state index contributed by atoms with van der Waals surface area (Å²) in [6, 6.07) is 13.7. The van der Waals surface area contributed by atoms with Crippen LogP contribution in [-0.2, 0) is 23.2 Å². The van der Waals surface area contributed by atoms with E-state index in [9.17, 15) is 19.4 Å². The number of carbonyl (C=O) groups is 1. The summed E-state index contributed by atoms with van der Waals surface area (Å²) in [6.07, 6.45) is 8.62. The highest BCUT2D eigenvalue weighted by Crippen LogP contribution is 2.57. The fourth-order valence-corrected chi connectivity index (χ4v) is 6.62. The number of hydrogen-bond acceptors (Lipinski definition) is 4. The van der Waals surface area contributed by atoms with Gasteiger partial charge in [0, 0.05) is 11.3 Å². The van der Waals surface area contributed by atoms with Crippen LogP contribution in [0.3, 0.4) is 0 Å². The van der Waals surface area contributed by atoms with Crippen LogP contribution in [0, 0.1) is 17.2 Å². The smallest absolute Gasteiger partial charge is 0.254 e. The molecule has 1 heterocycles. The van der Waals surface area contributed by atoms with Gasteiger partial charge < -0.3 is 15.9 Å². The van der Waals surface area contributed by atoms with Crippen molar-refractivity contribution in [2.75, 3.05) is 0 Å². The summed E-state index contributed by atoms with van der Waals surface area (Å²) < 4.78 is 15.3. The number of aliphatic hydroxyl groups is 2. The average Bonchev–Trinajstić information content (AvgIpc) is 3.62. The molecule has 37 heavy (non-hydrogen) atoms. The minimum atomic E-state index is -1.67. The number of aromatic nitrogens is 2. The van der Waals surface area contributed by atoms with Crippen LogP contribution in [0.5, 0.6) is 0 Å². The molecule has 0 aliphatic heterocycles. The third-order valence-electron chi connectivity index (χ3n) is 9.14. The number of hydrogen-bond donors (Lipinski definition) is 3. The lowest BCUT2D eigenvalue weighted by molar-refractivity contribution is -0.139. The number of fused-ring (bicyclic) bond motifs is 2. The van der Waals surface area contributed by atoms with E-state index < -0.39 is 22.5 Å². The number of primary amides is 1. The summed E-state index contributed by atoms with van der Waals surface area (Å²) in [5.74, 6) is -1.15. The Bertz CT molecular complexity index is 1410. The predicted octanol–water partition coefficient (Wildman–Crippen LogP) is 4.20. The largest absolute Gasteiger partial charge is 0.389 e. The summed E-state index contributed by atoms with van der Waals surface area (Å²) in [6.45, 7) is 2.12. The van der Waals surface area contributed by atoms with E-state index >= 15 is 0 Å². The van der Waals surface area contributed by atoms with Gasteiger partial charge >= 0.3 is 0 Å². The minimum absolute atomic E-state index is 0.151. The van der Waals surface area contributed by atoms with Gasteiger partial charge in [-0.1, -0.05) is 36.8 Å². The maximum Gasteiger partial charge on any atom is 0.254 e. The summed E-state index contributed by atoms with van der Waals surface area (Å²) >= 11 is 0. The molecule has 3 aliphatic rings. The van der Waals surface area contributed by atoms with Crippen molar-refractivity contribution in [3.05, 3.63) is 88.5 Å². The number of amides is 1. The Hall–Kier alpha value is -3.29. The Morgan fingerprint density at radius 1 is 1.22 bits per heavy atom. The summed E-state index contributed by atoms with van der Waals surface area (Å²) in [5, 5.41) is 27.9. The second-order valence-corrected chi connectivity index (χ2v) is 11.2. The van der Waals surface area contributed by atoms with E-state index in [1.54, 1.807) is 18.2 Å². The maximum atomic E-state index is 13.4. The third kappa shape index (κ3) is 3.67. The van der Waals surface area contributed by atoms with Crippen LogP contribution in [0.4, 0.5) is 4.39 Å². The quantitative estimate of drug-likeness (QED) is 0.452. The first kappa shape index (κ1) is 24.1. The SMILES string of the molecule is C[C@]12Cc3cnn(-c4ccc(F)cc4)c3C=C1CC[C@@]2(O)CCc1ccccc1C(O)(C(N)=O)C1CC1. The molecule has 192 valence electrons. The molecule has 3 atom stereocenters. The van der Waals surface area contributed by atoms with Crippen molar-refractivity contribution < 1.29 is 19.4 Å². The molecule has 2 saturated carbocycles. The molecule has 0 bridgehead atoms. The monoisotopic (exact) mass is 501 g/mol. The van der Waals surface area contributed by atoms with E-state index in [4.69, 9.17) is 5.73 Å². The van der Waals surface area contributed by atoms with Crippen molar-refractivity contribution in [1.82, 2.24) is 9.78 Å². The predicted molar refractivity (Wildman–Crippen MR) is 138 cm³/mol. The second-order valence-electron chi connectivity index (χ2n) is 11.2. The van der Waals surface area contributed by atoms with Gasteiger partial charge in [0.25, 0.3) is 5.91 Å². The number of rotatable bonds is 7. The number of nitrogens with two attached hydrogens (primary N) is 1. The molecule has 1 aromatic heterocycles. The molecule has 7 heteroatoms. The molecule has 6 rings (SSSR count). The van der Waals surface area contributed by atoms with Crippen molar-refractivity contribution >= 4 is 12.0 Å². The molecule has 0 spiro atoms. The lowest BCUT2D eigenvalue weighted by atomic mass is 9.65. The second kappa shape index (κ2) is 8.36. The maximum absolute atomic E-state index is 13.4. The van der Waals surface area contributed by atoms with Gasteiger partial charge in [-0.25, -0.2) is 9.07 Å². The first-order valence-electron chi connectivity index (χ1n) is 13.0. The van der Waals surface area contributed by atoms with Crippen LogP contribution in [0.1, 0.15) is 61.4 Å². The first-order valence-corrected chi connectivity index (χ1v) is 13.0. The van der Waals surface area contributed by atoms with Crippen molar-refractivity contribution in [1.29, 1.82) is 0 Å². The van der Waals surface area contributed by atoms with Gasteiger partial charge in [0.15, 0.2) is 5.60 Å². The molecule has 3 aromatic rings. The van der Waals surface area contributed by atoms with Crippen LogP contribution in [0.15, 0.2) is 60.3 Å². The molecule has 0 radical (unpaired) electrons. The first-order chi connectivity index (χ1) is 17.7. The number of carbonyl (C=O) groups excluding carboxylic acids is 1. The number of aryl methyl sites for hydroxylation is 1. The molecule has 1 unspecified atom stereocenters. The zero-order chi connectivity index (χ0) is 26.0. The van der Waals surface area contributed by atoms with Gasteiger partial charge in [-0.3, -0.25) is 4.79 Å². The Morgan fingerprint density at radius 2 is 1.95 bits per heavy atom. The number of benzene rings is 2. The highest BCUT2D eigenvalue weighted by molar-refractivity contribution is 5.86. The Morgan fingerprint density at radius 3 is 2.65 bits per heavy atom. The normalized spacial score (nSPS) is 26.2. The van der Waals surface area contributed by atoms with Gasteiger partial charge in [0.05, 0.1) is 23.2 Å². The zero-order valence-corrected chi connectivity index (χ0v) is 21.0. The van der Waals surface area contributed by atoms with Gasteiger partial charge in [-0.05, 0) is 92.0 Å². The fourth-order valence-electron chi connectivity index (χ4n) is 6.62. The summed E-state index contributed by atoms with van der Waals surface area (Å²) in [7, 11) is 0. The standard InChI is InChI=1S/C30H32FN3O3/c1-28-17-20-18-33-34(24-10-8-23(31)9-11-24)26(20)16-22(28)13-15-29(28,36)14-12-19-4-2-3-5-25(19)30(37,27(32)35)21-6-7-21/h2-5,8-11,16,18,21,36-37H,6-7,12-15,17H2,1H3,(H2,32,35)/t28-,29-,30?/m0/s1. The summed E-state index contributed by atoms with van der Waals surface area (Å²) in [4.78, 5) is 12.3. The molecular weight excluding hydrogens is 469 g/mol. The molecule has 0 saturated heterocycles. The fraction of sp³-hybridized carbons (Fsp3) is 0.400. The van der Waals surface area contributed by atoms with Crippen molar-refractivity contribution in [3.8, 4) is 5.69 Å². The van der Waals surface area contributed by atoms with Crippen molar-refractivity contribution in [2.24, 2.45) is 17.1 Å². The lowest BCUT2D eigenvalue weighted by Gasteiger charge is -2.43. The van der Waals surface area contributed by atoms with Gasteiger partial charge in [-0.15, -0.1) is 0 Å². The van der Waals surface area contributed by atoms with Crippen molar-refractivity contribution in [3.63, 3.8) is 0 Å². The van der Waals surface area contributed by atoms with E-state index in [-0.39, 0.29) is 11.7 Å². The number of nitrogens with zero attached hydrogens (tertiary/aromatic N) is 2. The molecular formula is C30H32FN3O3. The van der Waals surface area contributed by atoms with E-state index in [0.717, 1.165) is 41.8 Å². The van der Waals surface area contributed by atoms with E-state index in [1.165, 1.54) is 17.7 Å². The van der Waals surface area contributed by atoms with E-state index in [0.29, 0.717) is 31.2 Å². The van der Waals surface area contributed by atoms with Crippen LogP contribution >= 0.6 is 0 Å².